The van der Waals surface area contributed by atoms with Gasteiger partial charge in [-0.3, -0.25) is 9.00 Å². The quantitative estimate of drug-likeness (QED) is 0.865. The second kappa shape index (κ2) is 5.75. The van der Waals surface area contributed by atoms with Crippen LogP contribution in [0, 0.1) is 12.7 Å². The first kappa shape index (κ1) is 12.8. The molecule has 0 heterocycles. The Bertz CT molecular complexity index is 420. The summed E-state index contributed by atoms with van der Waals surface area (Å²) in [6.07, 6.45) is 1.55. The molecule has 0 fully saturated rings. The molecule has 0 spiro atoms. The molecule has 88 valence electrons. The van der Waals surface area contributed by atoms with Crippen LogP contribution >= 0.6 is 0 Å². The summed E-state index contributed by atoms with van der Waals surface area (Å²) < 4.78 is 24.1. The number of amides is 1. The van der Waals surface area contributed by atoms with Crippen LogP contribution in [0.1, 0.15) is 15.9 Å². The molecule has 1 unspecified atom stereocenters. The van der Waals surface area contributed by atoms with Gasteiger partial charge in [-0.1, -0.05) is 11.6 Å². The van der Waals surface area contributed by atoms with E-state index >= 15 is 0 Å². The molecular weight excluding hydrogens is 229 g/mol. The SMILES string of the molecule is Cc1ccc(F)c(C(=O)NCCS(C)=O)c1. The van der Waals surface area contributed by atoms with E-state index in [1.54, 1.807) is 19.2 Å². The zero-order valence-corrected chi connectivity index (χ0v) is 10.1. The number of carbonyl (C=O) groups excluding carboxylic acids is 1. The Labute approximate surface area is 96.5 Å². The van der Waals surface area contributed by atoms with Crippen molar-refractivity contribution in [3.8, 4) is 0 Å². The smallest absolute Gasteiger partial charge is 0.254 e. The molecule has 3 nitrogen and oxygen atoms in total. The topological polar surface area (TPSA) is 46.2 Å². The highest BCUT2D eigenvalue weighted by Gasteiger charge is 2.10. The maximum atomic E-state index is 13.3. The minimum atomic E-state index is -0.957. The van der Waals surface area contributed by atoms with Crippen molar-refractivity contribution in [3.63, 3.8) is 0 Å². The highest BCUT2D eigenvalue weighted by atomic mass is 32.2. The van der Waals surface area contributed by atoms with E-state index in [1.807, 2.05) is 0 Å². The van der Waals surface area contributed by atoms with Crippen molar-refractivity contribution in [2.75, 3.05) is 18.6 Å². The fourth-order valence-electron chi connectivity index (χ4n) is 1.22. The number of carbonyl (C=O) groups is 1. The Morgan fingerprint density at radius 1 is 1.50 bits per heavy atom. The van der Waals surface area contributed by atoms with Gasteiger partial charge in [0.2, 0.25) is 0 Å². The van der Waals surface area contributed by atoms with Crippen molar-refractivity contribution in [1.82, 2.24) is 5.32 Å². The minimum absolute atomic E-state index is 0.0295. The van der Waals surface area contributed by atoms with Gasteiger partial charge >= 0.3 is 0 Å². The summed E-state index contributed by atoms with van der Waals surface area (Å²) in [7, 11) is -0.957. The number of benzene rings is 1. The van der Waals surface area contributed by atoms with Crippen LogP contribution in [0.15, 0.2) is 18.2 Å². The number of rotatable bonds is 4. The van der Waals surface area contributed by atoms with Crippen LogP contribution in [0.2, 0.25) is 0 Å². The molecule has 5 heteroatoms. The van der Waals surface area contributed by atoms with E-state index in [0.29, 0.717) is 5.75 Å². The molecule has 0 saturated heterocycles. The second-order valence-corrected chi connectivity index (χ2v) is 5.07. The van der Waals surface area contributed by atoms with Gasteiger partial charge in [-0.05, 0) is 19.1 Å². The Morgan fingerprint density at radius 3 is 2.81 bits per heavy atom. The molecule has 0 aromatic heterocycles. The first-order chi connectivity index (χ1) is 7.50. The Balaban J connectivity index is 2.65. The third kappa shape index (κ3) is 3.73. The lowest BCUT2D eigenvalue weighted by Gasteiger charge is -2.05. The van der Waals surface area contributed by atoms with E-state index < -0.39 is 22.5 Å². The maximum Gasteiger partial charge on any atom is 0.254 e. The Morgan fingerprint density at radius 2 is 2.19 bits per heavy atom. The average Bonchev–Trinajstić information content (AvgIpc) is 2.21. The summed E-state index contributed by atoms with van der Waals surface area (Å²) in [6, 6.07) is 4.36. The van der Waals surface area contributed by atoms with Crippen molar-refractivity contribution in [3.05, 3.63) is 35.1 Å². The molecule has 1 aromatic carbocycles. The molecule has 1 atom stereocenters. The highest BCUT2D eigenvalue weighted by molar-refractivity contribution is 7.84. The van der Waals surface area contributed by atoms with Crippen molar-refractivity contribution >= 4 is 16.7 Å². The summed E-state index contributed by atoms with van der Waals surface area (Å²) in [5.41, 5.74) is 0.854. The monoisotopic (exact) mass is 243 g/mol. The first-order valence-electron chi connectivity index (χ1n) is 4.85. The molecule has 0 bridgehead atoms. The van der Waals surface area contributed by atoms with Gasteiger partial charge in [0.15, 0.2) is 0 Å². The number of nitrogens with one attached hydrogen (secondary N) is 1. The molecule has 0 aliphatic heterocycles. The van der Waals surface area contributed by atoms with Gasteiger partial charge in [0.25, 0.3) is 5.91 Å². The van der Waals surface area contributed by atoms with E-state index in [-0.39, 0.29) is 12.1 Å². The third-order valence-corrected chi connectivity index (χ3v) is 2.82. The lowest BCUT2D eigenvalue weighted by molar-refractivity contribution is 0.0952. The first-order valence-corrected chi connectivity index (χ1v) is 6.58. The van der Waals surface area contributed by atoms with Gasteiger partial charge < -0.3 is 5.32 Å². The summed E-state index contributed by atoms with van der Waals surface area (Å²) in [5, 5.41) is 2.53. The molecule has 1 amide bonds. The van der Waals surface area contributed by atoms with Crippen molar-refractivity contribution in [2.24, 2.45) is 0 Å². The van der Waals surface area contributed by atoms with Crippen molar-refractivity contribution in [1.29, 1.82) is 0 Å². The zero-order chi connectivity index (χ0) is 12.1. The van der Waals surface area contributed by atoms with Crippen LogP contribution in [0.3, 0.4) is 0 Å². The third-order valence-electron chi connectivity index (χ3n) is 2.04. The zero-order valence-electron chi connectivity index (χ0n) is 9.25. The lowest BCUT2D eigenvalue weighted by Crippen LogP contribution is -2.28. The van der Waals surface area contributed by atoms with E-state index in [0.717, 1.165) is 5.56 Å². The summed E-state index contributed by atoms with van der Waals surface area (Å²) >= 11 is 0. The van der Waals surface area contributed by atoms with E-state index in [1.165, 1.54) is 12.1 Å². The standard InChI is InChI=1S/C11H14FNO2S/c1-8-3-4-10(12)9(7-8)11(14)13-5-6-16(2)15/h3-4,7H,5-6H2,1-2H3,(H,13,14). The van der Waals surface area contributed by atoms with Gasteiger partial charge in [-0.15, -0.1) is 0 Å². The van der Waals surface area contributed by atoms with Crippen LogP contribution in [-0.4, -0.2) is 28.7 Å². The number of hydrogen-bond donors (Lipinski definition) is 1. The highest BCUT2D eigenvalue weighted by Crippen LogP contribution is 2.09. The lowest BCUT2D eigenvalue weighted by atomic mass is 10.1. The Hall–Kier alpha value is -1.23. The summed E-state index contributed by atoms with van der Waals surface area (Å²) in [5.74, 6) is -0.633. The molecular formula is C11H14FNO2S. The second-order valence-electron chi connectivity index (χ2n) is 3.52. The molecule has 0 aliphatic carbocycles. The fraction of sp³-hybridized carbons (Fsp3) is 0.364. The van der Waals surface area contributed by atoms with Gasteiger partial charge in [0.05, 0.1) is 5.56 Å². The molecule has 0 radical (unpaired) electrons. The summed E-state index contributed by atoms with van der Waals surface area (Å²) in [4.78, 5) is 11.5. The van der Waals surface area contributed by atoms with Crippen LogP contribution in [0.25, 0.3) is 0 Å². The van der Waals surface area contributed by atoms with E-state index in [9.17, 15) is 13.4 Å². The van der Waals surface area contributed by atoms with Crippen LogP contribution in [0.4, 0.5) is 4.39 Å². The van der Waals surface area contributed by atoms with Gasteiger partial charge in [-0.2, -0.15) is 0 Å². The molecule has 16 heavy (non-hydrogen) atoms. The normalized spacial score (nSPS) is 12.2. The van der Waals surface area contributed by atoms with Gasteiger partial charge in [0, 0.05) is 29.4 Å². The van der Waals surface area contributed by atoms with Crippen molar-refractivity contribution < 1.29 is 13.4 Å². The molecule has 1 rings (SSSR count). The van der Waals surface area contributed by atoms with Crippen LogP contribution in [-0.2, 0) is 10.8 Å². The molecule has 0 aliphatic rings. The predicted molar refractivity (Wildman–Crippen MR) is 62.4 cm³/mol. The average molecular weight is 243 g/mol. The molecule has 1 N–H and O–H groups in total. The minimum Gasteiger partial charge on any atom is -0.351 e. The van der Waals surface area contributed by atoms with Gasteiger partial charge in [0.1, 0.15) is 5.82 Å². The Kier molecular flexibility index (Phi) is 4.61. The summed E-state index contributed by atoms with van der Waals surface area (Å²) in [6.45, 7) is 2.08. The number of halogens is 1. The predicted octanol–water partition coefficient (Wildman–Crippen LogP) is 1.24. The van der Waals surface area contributed by atoms with Crippen LogP contribution in [0.5, 0.6) is 0 Å². The maximum absolute atomic E-state index is 13.3. The van der Waals surface area contributed by atoms with E-state index in [4.69, 9.17) is 0 Å². The molecule has 0 saturated carbocycles. The molecule has 1 aromatic rings. The fourth-order valence-corrected chi connectivity index (χ4v) is 1.61. The van der Waals surface area contributed by atoms with Gasteiger partial charge in [-0.25, -0.2) is 4.39 Å². The number of hydrogen-bond acceptors (Lipinski definition) is 2. The van der Waals surface area contributed by atoms with E-state index in [2.05, 4.69) is 5.32 Å². The van der Waals surface area contributed by atoms with Crippen molar-refractivity contribution in [2.45, 2.75) is 6.92 Å². The largest absolute Gasteiger partial charge is 0.351 e. The number of aryl methyl sites for hydroxylation is 1. The van der Waals surface area contributed by atoms with Crippen LogP contribution < -0.4 is 5.32 Å².